The van der Waals surface area contributed by atoms with E-state index in [9.17, 15) is 0 Å². The van der Waals surface area contributed by atoms with Crippen LogP contribution in [0.25, 0.3) is 4.96 Å². The van der Waals surface area contributed by atoms with Crippen molar-refractivity contribution < 1.29 is 4.74 Å². The second-order valence-electron chi connectivity index (χ2n) is 4.09. The molecule has 0 radical (unpaired) electrons. The molecule has 0 aliphatic carbocycles. The van der Waals surface area contributed by atoms with Gasteiger partial charge in [0.15, 0.2) is 10.7 Å². The van der Waals surface area contributed by atoms with Crippen LogP contribution < -0.4 is 4.74 Å². The smallest absolute Gasteiger partial charge is 0.213 e. The average molecular weight is 305 g/mol. The van der Waals surface area contributed by atoms with E-state index in [4.69, 9.17) is 21.6 Å². The number of aromatic nitrogens is 3. The summed E-state index contributed by atoms with van der Waals surface area (Å²) < 4.78 is 7.17. The van der Waals surface area contributed by atoms with Crippen LogP contribution >= 0.6 is 22.9 Å². The van der Waals surface area contributed by atoms with E-state index in [1.165, 1.54) is 11.3 Å². The number of fused-ring (bicyclic) bond motifs is 1. The topological polar surface area (TPSA) is 63.2 Å². The number of hydrogen-bond acceptors (Lipinski definition) is 5. The lowest BCUT2D eigenvalue weighted by Gasteiger charge is -2.02. The number of aryl methyl sites for hydroxylation is 1. The molecular formula is C13H9ClN4OS. The molecule has 2 aromatic heterocycles. The Hall–Kier alpha value is -2.10. The lowest BCUT2D eigenvalue weighted by Crippen LogP contribution is -1.97. The number of hydrogen-bond donors (Lipinski definition) is 0. The SMILES string of the molecule is Cc1nc2sc(COc3ccc(Cl)cc3)nn2c1C#N. The summed E-state index contributed by atoms with van der Waals surface area (Å²) in [7, 11) is 0. The second-order valence-corrected chi connectivity index (χ2v) is 5.57. The highest BCUT2D eigenvalue weighted by Crippen LogP contribution is 2.21. The molecule has 0 atom stereocenters. The number of nitrogens with zero attached hydrogens (tertiary/aromatic N) is 4. The molecule has 0 saturated carbocycles. The minimum atomic E-state index is 0.333. The molecule has 0 unspecified atom stereocenters. The summed E-state index contributed by atoms with van der Waals surface area (Å²) in [6, 6.07) is 9.23. The van der Waals surface area contributed by atoms with E-state index in [2.05, 4.69) is 16.2 Å². The predicted octanol–water partition coefficient (Wildman–Crippen LogP) is 3.20. The molecule has 0 N–H and O–H groups in total. The van der Waals surface area contributed by atoms with Crippen molar-refractivity contribution in [1.29, 1.82) is 5.26 Å². The predicted molar refractivity (Wildman–Crippen MR) is 76.1 cm³/mol. The van der Waals surface area contributed by atoms with Gasteiger partial charge in [0, 0.05) is 5.02 Å². The summed E-state index contributed by atoms with van der Waals surface area (Å²) in [4.78, 5) is 5.00. The zero-order valence-electron chi connectivity index (χ0n) is 10.5. The fraction of sp³-hybridized carbons (Fsp3) is 0.154. The first-order valence-corrected chi connectivity index (χ1v) is 7.00. The third kappa shape index (κ3) is 2.33. The Morgan fingerprint density at radius 1 is 1.40 bits per heavy atom. The molecule has 0 amide bonds. The van der Waals surface area contributed by atoms with Gasteiger partial charge in [-0.05, 0) is 31.2 Å². The van der Waals surface area contributed by atoms with E-state index in [-0.39, 0.29) is 0 Å². The maximum Gasteiger partial charge on any atom is 0.213 e. The van der Waals surface area contributed by atoms with Crippen LogP contribution in [0.5, 0.6) is 5.75 Å². The van der Waals surface area contributed by atoms with Crippen LogP contribution in [0.15, 0.2) is 24.3 Å². The van der Waals surface area contributed by atoms with Crippen molar-refractivity contribution in [2.45, 2.75) is 13.5 Å². The van der Waals surface area contributed by atoms with Gasteiger partial charge >= 0.3 is 0 Å². The van der Waals surface area contributed by atoms with E-state index in [0.29, 0.717) is 28.0 Å². The molecule has 2 heterocycles. The summed E-state index contributed by atoms with van der Waals surface area (Å²) >= 11 is 7.22. The van der Waals surface area contributed by atoms with Gasteiger partial charge in [-0.2, -0.15) is 14.9 Å². The molecule has 100 valence electrons. The summed E-state index contributed by atoms with van der Waals surface area (Å²) in [5.74, 6) is 0.721. The van der Waals surface area contributed by atoms with Gasteiger partial charge in [-0.3, -0.25) is 0 Å². The highest BCUT2D eigenvalue weighted by Gasteiger charge is 2.13. The van der Waals surface area contributed by atoms with E-state index in [1.807, 2.05) is 0 Å². The lowest BCUT2D eigenvalue weighted by molar-refractivity contribution is 0.304. The minimum Gasteiger partial charge on any atom is -0.486 e. The zero-order chi connectivity index (χ0) is 14.1. The molecule has 0 aliphatic heterocycles. The Bertz CT molecular complexity index is 800. The van der Waals surface area contributed by atoms with Crippen molar-refractivity contribution >= 4 is 27.9 Å². The fourth-order valence-electron chi connectivity index (χ4n) is 1.75. The third-order valence-corrected chi connectivity index (χ3v) is 3.84. The monoisotopic (exact) mass is 304 g/mol. The molecule has 0 spiro atoms. The molecule has 3 aromatic rings. The number of imidazole rings is 1. The molecular weight excluding hydrogens is 296 g/mol. The maximum absolute atomic E-state index is 9.06. The van der Waals surface area contributed by atoms with Gasteiger partial charge in [-0.25, -0.2) is 4.98 Å². The van der Waals surface area contributed by atoms with Crippen LogP contribution in [0.4, 0.5) is 0 Å². The Labute approximate surface area is 124 Å². The van der Waals surface area contributed by atoms with Crippen LogP contribution in [-0.4, -0.2) is 14.6 Å². The van der Waals surface area contributed by atoms with Gasteiger partial charge in [0.2, 0.25) is 4.96 Å². The lowest BCUT2D eigenvalue weighted by atomic mass is 10.3. The summed E-state index contributed by atoms with van der Waals surface area (Å²) in [6.07, 6.45) is 0. The normalized spacial score (nSPS) is 10.7. The third-order valence-electron chi connectivity index (χ3n) is 2.70. The van der Waals surface area contributed by atoms with Crippen molar-refractivity contribution in [2.24, 2.45) is 0 Å². The number of halogens is 1. The van der Waals surface area contributed by atoms with Crippen LogP contribution in [0.3, 0.4) is 0 Å². The molecule has 7 heteroatoms. The molecule has 0 saturated heterocycles. The molecule has 20 heavy (non-hydrogen) atoms. The molecule has 0 fully saturated rings. The van der Waals surface area contributed by atoms with Gasteiger partial charge in [0.25, 0.3) is 0 Å². The number of ether oxygens (including phenoxy) is 1. The Kier molecular flexibility index (Phi) is 3.30. The van der Waals surface area contributed by atoms with Gasteiger partial charge in [0.05, 0.1) is 5.69 Å². The molecule has 1 aromatic carbocycles. The second kappa shape index (κ2) is 5.12. The van der Waals surface area contributed by atoms with Crippen LogP contribution in [0.2, 0.25) is 5.02 Å². The van der Waals surface area contributed by atoms with Crippen LogP contribution in [-0.2, 0) is 6.61 Å². The van der Waals surface area contributed by atoms with Crippen molar-refractivity contribution in [1.82, 2.24) is 14.6 Å². The number of benzene rings is 1. The number of rotatable bonds is 3. The minimum absolute atomic E-state index is 0.333. The van der Waals surface area contributed by atoms with Crippen molar-refractivity contribution in [3.8, 4) is 11.8 Å². The maximum atomic E-state index is 9.06. The Morgan fingerprint density at radius 3 is 2.85 bits per heavy atom. The van der Waals surface area contributed by atoms with Gasteiger partial charge < -0.3 is 4.74 Å². The fourth-order valence-corrected chi connectivity index (χ4v) is 2.73. The first-order valence-electron chi connectivity index (χ1n) is 5.81. The van der Waals surface area contributed by atoms with Crippen molar-refractivity contribution in [2.75, 3.05) is 0 Å². The highest BCUT2D eigenvalue weighted by molar-refractivity contribution is 7.16. The molecule has 5 nitrogen and oxygen atoms in total. The van der Waals surface area contributed by atoms with Gasteiger partial charge in [-0.15, -0.1) is 0 Å². The Morgan fingerprint density at radius 2 is 2.15 bits per heavy atom. The quantitative estimate of drug-likeness (QED) is 0.745. The summed E-state index contributed by atoms with van der Waals surface area (Å²) in [6.45, 7) is 2.13. The van der Waals surface area contributed by atoms with Gasteiger partial charge in [0.1, 0.15) is 18.4 Å². The first-order chi connectivity index (χ1) is 9.67. The number of nitriles is 1. The summed E-state index contributed by atoms with van der Waals surface area (Å²) in [5, 5.41) is 14.8. The van der Waals surface area contributed by atoms with E-state index in [1.54, 1.807) is 35.7 Å². The van der Waals surface area contributed by atoms with Gasteiger partial charge in [-0.1, -0.05) is 22.9 Å². The molecule has 0 bridgehead atoms. The average Bonchev–Trinajstić information content (AvgIpc) is 2.94. The standard InChI is InChI=1S/C13H9ClN4OS/c1-8-11(6-15)18-13(16-8)20-12(17-18)7-19-10-4-2-9(14)3-5-10/h2-5H,7H2,1H3. The first kappa shape index (κ1) is 12.9. The largest absolute Gasteiger partial charge is 0.486 e. The van der Waals surface area contributed by atoms with Crippen LogP contribution in [0, 0.1) is 18.3 Å². The highest BCUT2D eigenvalue weighted by atomic mass is 35.5. The van der Waals surface area contributed by atoms with E-state index in [0.717, 1.165) is 10.8 Å². The zero-order valence-corrected chi connectivity index (χ0v) is 12.1. The van der Waals surface area contributed by atoms with E-state index < -0.39 is 0 Å². The van der Waals surface area contributed by atoms with Crippen LogP contribution in [0.1, 0.15) is 16.4 Å². The Balaban J connectivity index is 1.80. The van der Waals surface area contributed by atoms with Crippen molar-refractivity contribution in [3.63, 3.8) is 0 Å². The van der Waals surface area contributed by atoms with E-state index >= 15 is 0 Å². The molecule has 3 rings (SSSR count). The molecule has 0 aliphatic rings. The summed E-state index contributed by atoms with van der Waals surface area (Å²) in [5.41, 5.74) is 1.16. The van der Waals surface area contributed by atoms with Crippen molar-refractivity contribution in [3.05, 3.63) is 45.7 Å².